The van der Waals surface area contributed by atoms with E-state index >= 15 is 0 Å². The van der Waals surface area contributed by atoms with Crippen LogP contribution in [0.25, 0.3) is 0 Å². The molecule has 0 fully saturated rings. The average molecular weight is 238 g/mol. The van der Waals surface area contributed by atoms with Crippen LogP contribution in [0.5, 0.6) is 0 Å². The summed E-state index contributed by atoms with van der Waals surface area (Å²) in [7, 11) is 0. The number of nitrogens with one attached hydrogen (secondary N) is 1. The highest BCUT2D eigenvalue weighted by Gasteiger charge is 1.99. The number of nitrogens with zero attached hydrogens (tertiary/aromatic N) is 1. The first-order valence-electron chi connectivity index (χ1n) is 4.87. The van der Waals surface area contributed by atoms with Crippen LogP contribution in [0.15, 0.2) is 18.3 Å². The molecule has 0 aliphatic heterocycles. The lowest BCUT2D eigenvalue weighted by molar-refractivity contribution is -0.118. The van der Waals surface area contributed by atoms with Gasteiger partial charge < -0.3 is 16.8 Å². The summed E-state index contributed by atoms with van der Waals surface area (Å²) in [6.07, 6.45) is 2.70. The summed E-state index contributed by atoms with van der Waals surface area (Å²) in [4.78, 5) is 14.8. The Hall–Kier alpha value is -1.69. The number of hydrogen-bond donors (Lipinski definition) is 3. The van der Waals surface area contributed by atoms with Crippen molar-refractivity contribution in [2.45, 2.75) is 12.8 Å². The van der Waals surface area contributed by atoms with Crippen molar-refractivity contribution in [1.82, 2.24) is 4.98 Å². The SMILES string of the molecule is NC(=O)CCCNc1ccnc(C(N)=S)c1. The summed E-state index contributed by atoms with van der Waals surface area (Å²) >= 11 is 4.82. The summed E-state index contributed by atoms with van der Waals surface area (Å²) in [5.41, 5.74) is 11.9. The van der Waals surface area contributed by atoms with Crippen LogP contribution in [0, 0.1) is 0 Å². The van der Waals surface area contributed by atoms with Gasteiger partial charge >= 0.3 is 0 Å². The number of anilines is 1. The third-order valence-electron chi connectivity index (χ3n) is 1.94. The third kappa shape index (κ3) is 4.22. The lowest BCUT2D eigenvalue weighted by Gasteiger charge is -2.06. The highest BCUT2D eigenvalue weighted by atomic mass is 32.1. The van der Waals surface area contributed by atoms with Gasteiger partial charge in [-0.1, -0.05) is 12.2 Å². The minimum Gasteiger partial charge on any atom is -0.388 e. The first kappa shape index (κ1) is 12.4. The number of nitrogens with two attached hydrogens (primary N) is 2. The number of aromatic nitrogens is 1. The van der Waals surface area contributed by atoms with Crippen molar-refractivity contribution in [3.8, 4) is 0 Å². The van der Waals surface area contributed by atoms with E-state index in [1.54, 1.807) is 12.3 Å². The van der Waals surface area contributed by atoms with E-state index in [0.717, 1.165) is 5.69 Å². The zero-order chi connectivity index (χ0) is 12.0. The van der Waals surface area contributed by atoms with Crippen LogP contribution in [0.2, 0.25) is 0 Å². The van der Waals surface area contributed by atoms with Gasteiger partial charge in [-0.3, -0.25) is 9.78 Å². The van der Waals surface area contributed by atoms with Gasteiger partial charge in [0.2, 0.25) is 5.91 Å². The van der Waals surface area contributed by atoms with Crippen LogP contribution in [-0.2, 0) is 4.79 Å². The van der Waals surface area contributed by atoms with Gasteiger partial charge in [0.1, 0.15) is 4.99 Å². The number of hydrogen-bond acceptors (Lipinski definition) is 4. The number of pyridine rings is 1. The fraction of sp³-hybridized carbons (Fsp3) is 0.300. The van der Waals surface area contributed by atoms with Crippen molar-refractivity contribution in [2.24, 2.45) is 11.5 Å². The Morgan fingerprint density at radius 3 is 2.88 bits per heavy atom. The second-order valence-corrected chi connectivity index (χ2v) is 3.73. The largest absolute Gasteiger partial charge is 0.388 e. The van der Waals surface area contributed by atoms with E-state index in [9.17, 15) is 4.79 Å². The first-order chi connectivity index (χ1) is 7.59. The van der Waals surface area contributed by atoms with Gasteiger partial charge in [0.05, 0.1) is 5.69 Å². The lowest BCUT2D eigenvalue weighted by atomic mass is 10.2. The Bertz CT molecular complexity index is 394. The molecule has 0 atom stereocenters. The van der Waals surface area contributed by atoms with Crippen molar-refractivity contribution < 1.29 is 4.79 Å². The Morgan fingerprint density at radius 1 is 1.50 bits per heavy atom. The molecule has 5 nitrogen and oxygen atoms in total. The Morgan fingerprint density at radius 2 is 2.25 bits per heavy atom. The predicted octanol–water partition coefficient (Wildman–Crippen LogP) is 0.393. The molecule has 1 rings (SSSR count). The van der Waals surface area contributed by atoms with Gasteiger partial charge in [0.15, 0.2) is 0 Å². The Balaban J connectivity index is 2.45. The minimum absolute atomic E-state index is 0.265. The highest BCUT2D eigenvalue weighted by Crippen LogP contribution is 2.07. The maximum Gasteiger partial charge on any atom is 0.217 e. The van der Waals surface area contributed by atoms with Crippen molar-refractivity contribution in [3.63, 3.8) is 0 Å². The number of rotatable bonds is 6. The second kappa shape index (κ2) is 6.02. The predicted molar refractivity (Wildman–Crippen MR) is 67.0 cm³/mol. The van der Waals surface area contributed by atoms with Gasteiger partial charge in [0.25, 0.3) is 0 Å². The summed E-state index contributed by atoms with van der Waals surface area (Å²) < 4.78 is 0. The minimum atomic E-state index is -0.291. The highest BCUT2D eigenvalue weighted by molar-refractivity contribution is 7.80. The molecule has 0 spiro atoms. The first-order valence-corrected chi connectivity index (χ1v) is 5.28. The van der Waals surface area contributed by atoms with E-state index in [4.69, 9.17) is 23.7 Å². The zero-order valence-corrected chi connectivity index (χ0v) is 9.59. The monoisotopic (exact) mass is 238 g/mol. The number of primary amides is 1. The van der Waals surface area contributed by atoms with E-state index in [1.165, 1.54) is 0 Å². The van der Waals surface area contributed by atoms with Crippen molar-refractivity contribution in [3.05, 3.63) is 24.0 Å². The van der Waals surface area contributed by atoms with Gasteiger partial charge in [-0.25, -0.2) is 0 Å². The van der Waals surface area contributed by atoms with Gasteiger partial charge in [-0.2, -0.15) is 0 Å². The van der Waals surface area contributed by atoms with Crippen LogP contribution >= 0.6 is 12.2 Å². The fourth-order valence-corrected chi connectivity index (χ4v) is 1.28. The zero-order valence-electron chi connectivity index (χ0n) is 8.77. The lowest BCUT2D eigenvalue weighted by Crippen LogP contribution is -2.14. The van der Waals surface area contributed by atoms with E-state index < -0.39 is 0 Å². The summed E-state index contributed by atoms with van der Waals surface area (Å²) in [5, 5.41) is 3.13. The standard InChI is InChI=1S/C10H14N4OS/c11-9(15)2-1-4-13-7-3-5-14-8(6-7)10(12)16/h3,5-6H,1-2,4H2,(H2,11,15)(H2,12,16)(H,13,14). The molecule has 1 aromatic rings. The molecule has 0 saturated heterocycles. The third-order valence-corrected chi connectivity index (χ3v) is 2.15. The number of amides is 1. The van der Waals surface area contributed by atoms with Crippen molar-refractivity contribution >= 4 is 28.8 Å². The number of carbonyl (C=O) groups is 1. The van der Waals surface area contributed by atoms with Crippen LogP contribution in [-0.4, -0.2) is 22.4 Å². The molecular weight excluding hydrogens is 224 g/mol. The smallest absolute Gasteiger partial charge is 0.217 e. The molecule has 1 aromatic heterocycles. The molecule has 0 aliphatic carbocycles. The molecular formula is C10H14N4OS. The quantitative estimate of drug-likeness (QED) is 0.492. The molecule has 6 heteroatoms. The Labute approximate surface area is 99.2 Å². The molecule has 0 unspecified atom stereocenters. The molecule has 0 saturated carbocycles. The normalized spacial score (nSPS) is 9.75. The Kier molecular flexibility index (Phi) is 4.65. The van der Waals surface area contributed by atoms with Crippen LogP contribution in [0.4, 0.5) is 5.69 Å². The summed E-state index contributed by atoms with van der Waals surface area (Å²) in [6, 6.07) is 3.58. The van der Waals surface area contributed by atoms with Gasteiger partial charge in [-0.05, 0) is 18.6 Å². The second-order valence-electron chi connectivity index (χ2n) is 3.29. The maximum absolute atomic E-state index is 10.5. The van der Waals surface area contributed by atoms with Gasteiger partial charge in [-0.15, -0.1) is 0 Å². The van der Waals surface area contributed by atoms with Crippen LogP contribution < -0.4 is 16.8 Å². The molecule has 1 heterocycles. The molecule has 86 valence electrons. The maximum atomic E-state index is 10.5. The van der Waals surface area contributed by atoms with Crippen molar-refractivity contribution in [1.29, 1.82) is 0 Å². The molecule has 1 amide bonds. The molecule has 0 aromatic carbocycles. The van der Waals surface area contributed by atoms with Crippen LogP contribution in [0.3, 0.4) is 0 Å². The summed E-state index contributed by atoms with van der Waals surface area (Å²) in [6.45, 7) is 0.670. The molecule has 16 heavy (non-hydrogen) atoms. The topological polar surface area (TPSA) is 94.0 Å². The molecule has 0 radical (unpaired) electrons. The van der Waals surface area contributed by atoms with Gasteiger partial charge in [0, 0.05) is 24.8 Å². The molecule has 0 aliphatic rings. The van der Waals surface area contributed by atoms with E-state index in [-0.39, 0.29) is 10.9 Å². The number of carbonyl (C=O) groups excluding carboxylic acids is 1. The van der Waals surface area contributed by atoms with Crippen LogP contribution in [0.1, 0.15) is 18.5 Å². The molecule has 0 bridgehead atoms. The van der Waals surface area contributed by atoms with E-state index in [0.29, 0.717) is 25.1 Å². The summed E-state index contributed by atoms with van der Waals surface area (Å²) in [5.74, 6) is -0.291. The van der Waals surface area contributed by atoms with E-state index in [1.807, 2.05) is 6.07 Å². The molecule has 5 N–H and O–H groups in total. The fourth-order valence-electron chi connectivity index (χ4n) is 1.17. The average Bonchev–Trinajstić information content (AvgIpc) is 2.24. The number of thiocarbonyl (C=S) groups is 1. The van der Waals surface area contributed by atoms with Crippen molar-refractivity contribution in [2.75, 3.05) is 11.9 Å². The van der Waals surface area contributed by atoms with E-state index in [2.05, 4.69) is 10.3 Å².